The fraction of sp³-hybridized carbons (Fsp3) is 0.500. The third-order valence-electron chi connectivity index (χ3n) is 7.45. The molecule has 176 valence electrons. The van der Waals surface area contributed by atoms with Gasteiger partial charge in [-0.05, 0) is 61.0 Å². The zero-order valence-corrected chi connectivity index (χ0v) is 20.4. The lowest BCUT2D eigenvalue weighted by Gasteiger charge is -2.44. The van der Waals surface area contributed by atoms with Crippen LogP contribution in [0.2, 0.25) is 0 Å². The largest absolute Gasteiger partial charge is 0.342 e. The lowest BCUT2D eigenvalue weighted by Crippen LogP contribution is -2.66. The molecule has 0 aromatic heterocycles. The van der Waals surface area contributed by atoms with Crippen LogP contribution < -0.4 is 5.32 Å². The highest BCUT2D eigenvalue weighted by atomic mass is 16.2. The minimum Gasteiger partial charge on any atom is -0.342 e. The van der Waals surface area contributed by atoms with Gasteiger partial charge in [-0.3, -0.25) is 9.59 Å². The third-order valence-corrected chi connectivity index (χ3v) is 7.45. The van der Waals surface area contributed by atoms with E-state index in [1.54, 1.807) is 0 Å². The molecule has 0 unspecified atom stereocenters. The zero-order valence-electron chi connectivity index (χ0n) is 20.4. The highest BCUT2D eigenvalue weighted by molar-refractivity contribution is 5.97. The van der Waals surface area contributed by atoms with Gasteiger partial charge < -0.3 is 15.1 Å². The molecule has 1 N–H and O–H groups in total. The van der Waals surface area contributed by atoms with E-state index in [-0.39, 0.29) is 23.7 Å². The predicted octanol–water partition coefficient (Wildman–Crippen LogP) is 3.80. The maximum atomic E-state index is 14.0. The van der Waals surface area contributed by atoms with Crippen LogP contribution in [0.25, 0.3) is 0 Å². The van der Waals surface area contributed by atoms with Crippen LogP contribution in [0, 0.1) is 11.8 Å². The molecule has 33 heavy (non-hydrogen) atoms. The standard InChI is InChI=1S/C28H37N3O2/c1-5-19(6-2)26-27(32)29-25(24-15-20-11-7-8-12-21(20)16-24)28(33)31(26)18-23-14-10-9-13-22(23)17-30(3)4/h7-14,19,24-26H,5-6,15-18H2,1-4H3,(H,29,32)/t25-,26-/m1/s1. The van der Waals surface area contributed by atoms with Crippen LogP contribution in [0.1, 0.15) is 48.9 Å². The molecule has 5 nitrogen and oxygen atoms in total. The van der Waals surface area contributed by atoms with Crippen molar-refractivity contribution in [2.24, 2.45) is 11.8 Å². The molecule has 1 aliphatic heterocycles. The molecule has 2 atom stereocenters. The summed E-state index contributed by atoms with van der Waals surface area (Å²) in [4.78, 5) is 31.5. The Hall–Kier alpha value is -2.66. The summed E-state index contributed by atoms with van der Waals surface area (Å²) < 4.78 is 0. The maximum Gasteiger partial charge on any atom is 0.246 e. The SMILES string of the molecule is CCC(CC)[C@@H]1C(=O)N[C@H](C2Cc3ccccc3C2)C(=O)N1Cc1ccccc1CN(C)C. The number of hydrogen-bond acceptors (Lipinski definition) is 3. The molecule has 0 radical (unpaired) electrons. The molecule has 1 aliphatic carbocycles. The molecule has 2 aromatic rings. The van der Waals surface area contributed by atoms with Crippen LogP contribution in [0.4, 0.5) is 0 Å². The quantitative estimate of drug-likeness (QED) is 0.670. The highest BCUT2D eigenvalue weighted by Gasteiger charge is 2.47. The van der Waals surface area contributed by atoms with E-state index >= 15 is 0 Å². The Kier molecular flexibility index (Phi) is 7.18. The van der Waals surface area contributed by atoms with Crippen molar-refractivity contribution in [1.29, 1.82) is 0 Å². The predicted molar refractivity (Wildman–Crippen MR) is 132 cm³/mol. The van der Waals surface area contributed by atoms with Crippen molar-refractivity contribution in [1.82, 2.24) is 15.1 Å². The fourth-order valence-electron chi connectivity index (χ4n) is 5.68. The Morgan fingerprint density at radius 2 is 1.52 bits per heavy atom. The number of hydrogen-bond donors (Lipinski definition) is 1. The van der Waals surface area contributed by atoms with Crippen molar-refractivity contribution >= 4 is 11.8 Å². The smallest absolute Gasteiger partial charge is 0.246 e. The van der Waals surface area contributed by atoms with Gasteiger partial charge in [-0.1, -0.05) is 75.2 Å². The van der Waals surface area contributed by atoms with Gasteiger partial charge in [0, 0.05) is 13.1 Å². The van der Waals surface area contributed by atoms with Crippen molar-refractivity contribution in [2.45, 2.75) is 64.7 Å². The van der Waals surface area contributed by atoms with Gasteiger partial charge in [0.1, 0.15) is 12.1 Å². The number of carbonyl (C=O) groups is 2. The van der Waals surface area contributed by atoms with E-state index < -0.39 is 12.1 Å². The molecule has 1 saturated heterocycles. The highest BCUT2D eigenvalue weighted by Crippen LogP contribution is 2.33. The van der Waals surface area contributed by atoms with E-state index in [9.17, 15) is 9.59 Å². The van der Waals surface area contributed by atoms with Crippen LogP contribution >= 0.6 is 0 Å². The van der Waals surface area contributed by atoms with Gasteiger partial charge in [0.05, 0.1) is 0 Å². The molecule has 2 aliphatic rings. The molecule has 0 spiro atoms. The van der Waals surface area contributed by atoms with Gasteiger partial charge in [-0.25, -0.2) is 0 Å². The second-order valence-corrected chi connectivity index (χ2v) is 9.92. The molecule has 0 bridgehead atoms. The van der Waals surface area contributed by atoms with Crippen LogP contribution in [0.5, 0.6) is 0 Å². The van der Waals surface area contributed by atoms with Gasteiger partial charge in [0.15, 0.2) is 0 Å². The summed E-state index contributed by atoms with van der Waals surface area (Å²) >= 11 is 0. The number of nitrogens with zero attached hydrogens (tertiary/aromatic N) is 2. The summed E-state index contributed by atoms with van der Waals surface area (Å²) in [6, 6.07) is 15.8. The molecule has 5 heteroatoms. The van der Waals surface area contributed by atoms with Gasteiger partial charge >= 0.3 is 0 Å². The second-order valence-electron chi connectivity index (χ2n) is 9.92. The molecule has 1 fully saturated rings. The Labute approximate surface area is 198 Å². The molecule has 2 amide bonds. The number of carbonyl (C=O) groups excluding carboxylic acids is 2. The summed E-state index contributed by atoms with van der Waals surface area (Å²) in [5.41, 5.74) is 4.93. The minimum atomic E-state index is -0.462. The molecule has 1 heterocycles. The Morgan fingerprint density at radius 3 is 2.09 bits per heavy atom. The molecular weight excluding hydrogens is 410 g/mol. The van der Waals surface area contributed by atoms with Gasteiger partial charge in [0.25, 0.3) is 0 Å². The summed E-state index contributed by atoms with van der Waals surface area (Å²) in [5, 5.41) is 3.17. The van der Waals surface area contributed by atoms with Crippen LogP contribution in [-0.2, 0) is 35.5 Å². The second kappa shape index (κ2) is 10.1. The van der Waals surface area contributed by atoms with Crippen LogP contribution in [0.3, 0.4) is 0 Å². The van der Waals surface area contributed by atoms with E-state index in [0.29, 0.717) is 6.54 Å². The first-order valence-electron chi connectivity index (χ1n) is 12.3. The fourth-order valence-corrected chi connectivity index (χ4v) is 5.68. The van der Waals surface area contributed by atoms with Crippen molar-refractivity contribution < 1.29 is 9.59 Å². The van der Waals surface area contributed by atoms with E-state index in [2.05, 4.69) is 74.6 Å². The average molecular weight is 448 g/mol. The summed E-state index contributed by atoms with van der Waals surface area (Å²) in [7, 11) is 4.11. The Balaban J connectivity index is 1.65. The topological polar surface area (TPSA) is 52.7 Å². The van der Waals surface area contributed by atoms with E-state index in [0.717, 1.165) is 37.8 Å². The first-order chi connectivity index (χ1) is 15.9. The van der Waals surface area contributed by atoms with Gasteiger partial charge in [-0.15, -0.1) is 0 Å². The van der Waals surface area contributed by atoms with E-state index in [4.69, 9.17) is 0 Å². The summed E-state index contributed by atoms with van der Waals surface area (Å²) in [6.45, 7) is 5.52. The number of rotatable bonds is 8. The number of amides is 2. The zero-order chi connectivity index (χ0) is 23.5. The van der Waals surface area contributed by atoms with Crippen LogP contribution in [-0.4, -0.2) is 47.8 Å². The average Bonchev–Trinajstić information content (AvgIpc) is 3.23. The van der Waals surface area contributed by atoms with Gasteiger partial charge in [-0.2, -0.15) is 0 Å². The molecule has 2 aromatic carbocycles. The monoisotopic (exact) mass is 447 g/mol. The van der Waals surface area contributed by atoms with Crippen LogP contribution in [0.15, 0.2) is 48.5 Å². The van der Waals surface area contributed by atoms with Crippen molar-refractivity contribution in [3.63, 3.8) is 0 Å². The maximum absolute atomic E-state index is 14.0. The lowest BCUT2D eigenvalue weighted by atomic mass is 9.85. The number of fused-ring (bicyclic) bond motifs is 1. The normalized spacial score (nSPS) is 21.1. The van der Waals surface area contributed by atoms with Crippen molar-refractivity contribution in [3.05, 3.63) is 70.8 Å². The van der Waals surface area contributed by atoms with Crippen molar-refractivity contribution in [2.75, 3.05) is 14.1 Å². The molecule has 4 rings (SSSR count). The number of piperazine rings is 1. The Bertz CT molecular complexity index is 973. The number of nitrogens with one attached hydrogen (secondary N) is 1. The summed E-state index contributed by atoms with van der Waals surface area (Å²) in [5.74, 6) is 0.344. The number of benzene rings is 2. The molecular formula is C28H37N3O2. The first-order valence-corrected chi connectivity index (χ1v) is 12.3. The first kappa shape index (κ1) is 23.5. The molecule has 0 saturated carbocycles. The summed E-state index contributed by atoms with van der Waals surface area (Å²) in [6.07, 6.45) is 3.43. The Morgan fingerprint density at radius 1 is 0.939 bits per heavy atom. The van der Waals surface area contributed by atoms with Crippen molar-refractivity contribution in [3.8, 4) is 0 Å². The lowest BCUT2D eigenvalue weighted by molar-refractivity contribution is -0.154. The minimum absolute atomic E-state index is 0.00865. The van der Waals surface area contributed by atoms with E-state index in [1.807, 2.05) is 17.0 Å². The van der Waals surface area contributed by atoms with Gasteiger partial charge in [0.2, 0.25) is 11.8 Å². The van der Waals surface area contributed by atoms with E-state index in [1.165, 1.54) is 16.7 Å². The third kappa shape index (κ3) is 4.84.